The number of H-pyrrole nitrogens is 1. The van der Waals surface area contributed by atoms with Crippen LogP contribution in [0.2, 0.25) is 0 Å². The summed E-state index contributed by atoms with van der Waals surface area (Å²) < 4.78 is 0. The first-order valence-corrected chi connectivity index (χ1v) is 11.6. The molecule has 7 nitrogen and oxygen atoms in total. The number of carbonyl (C=O) groups excluding carboxylic acids is 1. The van der Waals surface area contributed by atoms with Crippen LogP contribution in [-0.4, -0.2) is 43.7 Å². The number of carbonyl (C=O) groups is 1. The molecular formula is C23H25N5O2S. The minimum absolute atomic E-state index is 0.0616. The first-order valence-electron chi connectivity index (χ1n) is 10.7. The van der Waals surface area contributed by atoms with Crippen molar-refractivity contribution in [3.63, 3.8) is 0 Å². The molecule has 0 saturated carbocycles. The predicted octanol–water partition coefficient (Wildman–Crippen LogP) is 3.07. The molecule has 160 valence electrons. The van der Waals surface area contributed by atoms with Crippen LogP contribution in [0, 0.1) is 6.92 Å². The standard InChI is InChI=1S/C23H25N5O2S/c1-15-7-11-31-20(15)14-27-10-6-18-17(13-27)22(29)26-21(25-18)19-5-3-9-28(19)23(30)16-4-2-8-24-12-16/h2,4,7-8,11-12,19H,3,5-6,9-10,13-14H2,1H3,(H,25,26,29)/t19-/m1/s1. The third kappa shape index (κ3) is 3.93. The highest BCUT2D eigenvalue weighted by atomic mass is 32.1. The van der Waals surface area contributed by atoms with Crippen LogP contribution in [0.25, 0.3) is 0 Å². The van der Waals surface area contributed by atoms with Crippen molar-refractivity contribution in [2.45, 2.75) is 45.3 Å². The molecule has 0 unspecified atom stereocenters. The van der Waals surface area contributed by atoms with Crippen LogP contribution in [0.4, 0.5) is 0 Å². The Labute approximate surface area is 184 Å². The minimum Gasteiger partial charge on any atom is -0.328 e. The summed E-state index contributed by atoms with van der Waals surface area (Å²) in [7, 11) is 0. The second kappa shape index (κ2) is 8.36. The summed E-state index contributed by atoms with van der Waals surface area (Å²) in [6.45, 7) is 5.14. The zero-order chi connectivity index (χ0) is 21.4. The SMILES string of the molecule is Cc1ccsc1CN1CCc2nc([C@H]3CCCN3C(=O)c3cccnc3)[nH]c(=O)c2C1. The molecule has 5 rings (SSSR count). The van der Waals surface area contributed by atoms with Crippen molar-refractivity contribution < 1.29 is 4.79 Å². The van der Waals surface area contributed by atoms with Gasteiger partial charge in [0.15, 0.2) is 0 Å². The Hall–Kier alpha value is -2.84. The topological polar surface area (TPSA) is 82.2 Å². The number of fused-ring (bicyclic) bond motifs is 1. The van der Waals surface area contributed by atoms with Gasteiger partial charge in [0.1, 0.15) is 5.82 Å². The number of aromatic amines is 1. The Kier molecular flexibility index (Phi) is 5.41. The zero-order valence-corrected chi connectivity index (χ0v) is 18.3. The molecule has 2 aliphatic rings. The summed E-state index contributed by atoms with van der Waals surface area (Å²) >= 11 is 1.76. The number of pyridine rings is 1. The number of nitrogens with zero attached hydrogens (tertiary/aromatic N) is 4. The van der Waals surface area contributed by atoms with E-state index in [1.54, 1.807) is 35.9 Å². The van der Waals surface area contributed by atoms with Gasteiger partial charge in [0.05, 0.1) is 22.9 Å². The van der Waals surface area contributed by atoms with Gasteiger partial charge in [-0.1, -0.05) is 0 Å². The number of aryl methyl sites for hydroxylation is 1. The zero-order valence-electron chi connectivity index (χ0n) is 17.5. The van der Waals surface area contributed by atoms with Gasteiger partial charge in [0, 0.05) is 49.9 Å². The molecule has 31 heavy (non-hydrogen) atoms. The maximum atomic E-state index is 13.0. The summed E-state index contributed by atoms with van der Waals surface area (Å²) in [6.07, 6.45) is 5.69. The molecule has 5 heterocycles. The number of hydrogen-bond donors (Lipinski definition) is 1. The van der Waals surface area contributed by atoms with Gasteiger partial charge in [-0.25, -0.2) is 4.98 Å². The third-order valence-corrected chi connectivity index (χ3v) is 7.25. The summed E-state index contributed by atoms with van der Waals surface area (Å²) in [5.41, 5.74) is 3.42. The highest BCUT2D eigenvalue weighted by Gasteiger charge is 2.33. The number of thiophene rings is 1. The highest BCUT2D eigenvalue weighted by Crippen LogP contribution is 2.31. The van der Waals surface area contributed by atoms with Gasteiger partial charge in [0.2, 0.25) is 0 Å². The predicted molar refractivity (Wildman–Crippen MR) is 119 cm³/mol. The van der Waals surface area contributed by atoms with Gasteiger partial charge in [-0.05, 0) is 48.9 Å². The van der Waals surface area contributed by atoms with E-state index in [0.29, 0.717) is 24.5 Å². The quantitative estimate of drug-likeness (QED) is 0.681. The largest absolute Gasteiger partial charge is 0.328 e. The Morgan fingerprint density at radius 1 is 1.32 bits per heavy atom. The van der Waals surface area contributed by atoms with Crippen LogP contribution in [0.15, 0.2) is 40.8 Å². The van der Waals surface area contributed by atoms with Crippen LogP contribution in [0.3, 0.4) is 0 Å². The molecule has 0 aromatic carbocycles. The van der Waals surface area contributed by atoms with Crippen molar-refractivity contribution in [2.75, 3.05) is 13.1 Å². The van der Waals surface area contributed by atoms with E-state index in [1.165, 1.54) is 10.4 Å². The van der Waals surface area contributed by atoms with Crippen molar-refractivity contribution in [3.8, 4) is 0 Å². The molecule has 0 spiro atoms. The summed E-state index contributed by atoms with van der Waals surface area (Å²) in [6, 6.07) is 5.48. The maximum absolute atomic E-state index is 13.0. The van der Waals surface area contributed by atoms with Crippen molar-refractivity contribution in [1.29, 1.82) is 0 Å². The molecule has 8 heteroatoms. The molecular weight excluding hydrogens is 410 g/mol. The maximum Gasteiger partial charge on any atom is 0.256 e. The van der Waals surface area contributed by atoms with Crippen molar-refractivity contribution >= 4 is 17.2 Å². The summed E-state index contributed by atoms with van der Waals surface area (Å²) in [4.78, 5) is 43.3. The van der Waals surface area contributed by atoms with Gasteiger partial charge in [-0.15, -0.1) is 11.3 Å². The third-order valence-electron chi connectivity index (χ3n) is 6.24. The van der Waals surface area contributed by atoms with Crippen LogP contribution >= 0.6 is 11.3 Å². The Bertz CT molecular complexity index is 1160. The molecule has 1 amide bonds. The number of rotatable bonds is 4. The lowest BCUT2D eigenvalue weighted by molar-refractivity contribution is 0.0728. The van der Waals surface area contributed by atoms with E-state index >= 15 is 0 Å². The van der Waals surface area contributed by atoms with Crippen LogP contribution < -0.4 is 5.56 Å². The van der Waals surface area contributed by atoms with E-state index < -0.39 is 0 Å². The fraction of sp³-hybridized carbons (Fsp3) is 0.391. The van der Waals surface area contributed by atoms with Crippen LogP contribution in [-0.2, 0) is 19.5 Å². The van der Waals surface area contributed by atoms with Crippen molar-refractivity contribution in [1.82, 2.24) is 24.8 Å². The second-order valence-electron chi connectivity index (χ2n) is 8.26. The summed E-state index contributed by atoms with van der Waals surface area (Å²) in [5.74, 6) is 0.550. The highest BCUT2D eigenvalue weighted by molar-refractivity contribution is 7.10. The van der Waals surface area contributed by atoms with E-state index in [2.05, 4.69) is 33.2 Å². The number of aromatic nitrogens is 3. The van der Waals surface area contributed by atoms with E-state index in [4.69, 9.17) is 4.98 Å². The van der Waals surface area contributed by atoms with E-state index in [9.17, 15) is 9.59 Å². The number of amides is 1. The fourth-order valence-corrected chi connectivity index (χ4v) is 5.46. The van der Waals surface area contributed by atoms with E-state index in [0.717, 1.165) is 43.6 Å². The molecule has 1 fully saturated rings. The molecule has 2 aliphatic heterocycles. The molecule has 1 atom stereocenters. The molecule has 0 aliphatic carbocycles. The average molecular weight is 436 g/mol. The lowest BCUT2D eigenvalue weighted by atomic mass is 10.1. The van der Waals surface area contributed by atoms with Gasteiger partial charge in [0.25, 0.3) is 11.5 Å². The molecule has 3 aromatic rings. The molecule has 0 bridgehead atoms. The Morgan fingerprint density at radius 3 is 3.00 bits per heavy atom. The van der Waals surface area contributed by atoms with Gasteiger partial charge >= 0.3 is 0 Å². The minimum atomic E-state index is -0.197. The first-order chi connectivity index (χ1) is 15.1. The Balaban J connectivity index is 1.37. The smallest absolute Gasteiger partial charge is 0.256 e. The fourth-order valence-electron chi connectivity index (χ4n) is 4.51. The number of likely N-dealkylation sites (tertiary alicyclic amines) is 1. The van der Waals surface area contributed by atoms with Gasteiger partial charge in [-0.2, -0.15) is 0 Å². The lowest BCUT2D eigenvalue weighted by Crippen LogP contribution is -2.37. The molecule has 1 saturated heterocycles. The van der Waals surface area contributed by atoms with Gasteiger partial charge < -0.3 is 9.88 Å². The molecule has 1 N–H and O–H groups in total. The van der Waals surface area contributed by atoms with Crippen molar-refractivity contribution in [2.24, 2.45) is 0 Å². The normalized spacial score (nSPS) is 18.9. The molecule has 0 radical (unpaired) electrons. The van der Waals surface area contributed by atoms with Gasteiger partial charge in [-0.3, -0.25) is 19.5 Å². The lowest BCUT2D eigenvalue weighted by Gasteiger charge is -2.29. The molecule has 3 aromatic heterocycles. The number of hydrogen-bond acceptors (Lipinski definition) is 6. The average Bonchev–Trinajstić information content (AvgIpc) is 3.43. The van der Waals surface area contributed by atoms with E-state index in [1.807, 2.05) is 4.90 Å². The van der Waals surface area contributed by atoms with Crippen LogP contribution in [0.1, 0.15) is 56.8 Å². The monoisotopic (exact) mass is 435 g/mol. The second-order valence-corrected chi connectivity index (χ2v) is 9.26. The van der Waals surface area contributed by atoms with E-state index in [-0.39, 0.29) is 17.5 Å². The Morgan fingerprint density at radius 2 is 2.23 bits per heavy atom. The summed E-state index contributed by atoms with van der Waals surface area (Å²) in [5, 5.41) is 2.11. The van der Waals surface area contributed by atoms with Crippen molar-refractivity contribution in [3.05, 3.63) is 79.4 Å². The number of nitrogens with one attached hydrogen (secondary N) is 1. The van der Waals surface area contributed by atoms with Crippen LogP contribution in [0.5, 0.6) is 0 Å². The first kappa shape index (κ1) is 20.1.